The monoisotopic (exact) mass is 304 g/mol. The van der Waals surface area contributed by atoms with Crippen LogP contribution in [-0.4, -0.2) is 35.7 Å². The van der Waals surface area contributed by atoms with Crippen molar-refractivity contribution in [3.63, 3.8) is 0 Å². The molecule has 1 atom stereocenters. The van der Waals surface area contributed by atoms with Crippen LogP contribution < -0.4 is 34.7 Å². The van der Waals surface area contributed by atoms with Gasteiger partial charge in [0.2, 0.25) is 0 Å². The SMILES string of the molecule is O=C([O-])C(F)(F)F.OC(F)(C(F)F)C(F)(F)F.[Na+]. The van der Waals surface area contributed by atoms with Crippen molar-refractivity contribution >= 4 is 5.97 Å². The number of carbonyl (C=O) groups excluding carboxylic acids is 1. The number of alkyl halides is 9. The van der Waals surface area contributed by atoms with Gasteiger partial charge in [-0.1, -0.05) is 0 Å². The molecule has 0 spiro atoms. The maximum atomic E-state index is 11.4. The van der Waals surface area contributed by atoms with Crippen molar-refractivity contribution in [3.8, 4) is 0 Å². The van der Waals surface area contributed by atoms with Gasteiger partial charge < -0.3 is 15.0 Å². The third kappa shape index (κ3) is 8.00. The Morgan fingerprint density at radius 2 is 1.22 bits per heavy atom. The molecule has 1 N–H and O–H groups in total. The zero-order chi connectivity index (χ0) is 14.7. The van der Waals surface area contributed by atoms with E-state index in [0.29, 0.717) is 0 Å². The molecule has 0 aliphatic rings. The molecule has 104 valence electrons. The number of carbonyl (C=O) groups is 1. The molecule has 3 nitrogen and oxygen atoms in total. The second-order valence-corrected chi connectivity index (χ2v) is 2.26. The Hall–Kier alpha value is -0.200. The van der Waals surface area contributed by atoms with Crippen LogP contribution in [0.2, 0.25) is 0 Å². The van der Waals surface area contributed by atoms with E-state index in [1.165, 1.54) is 0 Å². The minimum atomic E-state index is -5.94. The first-order valence-corrected chi connectivity index (χ1v) is 3.18. The van der Waals surface area contributed by atoms with E-state index < -0.39 is 30.6 Å². The van der Waals surface area contributed by atoms with E-state index in [9.17, 15) is 39.5 Å². The quantitative estimate of drug-likeness (QED) is 0.441. The van der Waals surface area contributed by atoms with E-state index in [0.717, 1.165) is 0 Å². The predicted octanol–water partition coefficient (Wildman–Crippen LogP) is -2.23. The van der Waals surface area contributed by atoms with Gasteiger partial charge in [0.05, 0.1) is 0 Å². The summed E-state index contributed by atoms with van der Waals surface area (Å²) in [7, 11) is 0. The van der Waals surface area contributed by atoms with Gasteiger partial charge in [0, 0.05) is 0 Å². The van der Waals surface area contributed by atoms with Crippen LogP contribution in [0.3, 0.4) is 0 Å². The van der Waals surface area contributed by atoms with Gasteiger partial charge in [0.25, 0.3) is 0 Å². The molecule has 0 saturated heterocycles. The third-order valence-electron chi connectivity index (χ3n) is 0.918. The van der Waals surface area contributed by atoms with E-state index in [1.807, 2.05) is 0 Å². The normalized spacial score (nSPS) is 15.1. The summed E-state index contributed by atoms with van der Waals surface area (Å²) in [5.41, 5.74) is 0. The smallest absolute Gasteiger partial charge is 0.542 e. The van der Waals surface area contributed by atoms with Gasteiger partial charge in [0.15, 0.2) is 0 Å². The van der Waals surface area contributed by atoms with Crippen molar-refractivity contribution in [2.45, 2.75) is 24.6 Å². The first-order valence-electron chi connectivity index (χ1n) is 3.18. The molecule has 1 unspecified atom stereocenters. The van der Waals surface area contributed by atoms with Crippen molar-refractivity contribution in [2.75, 3.05) is 0 Å². The average molecular weight is 304 g/mol. The van der Waals surface area contributed by atoms with Crippen molar-refractivity contribution in [3.05, 3.63) is 0 Å². The van der Waals surface area contributed by atoms with Crippen LogP contribution in [0, 0.1) is 0 Å². The summed E-state index contributed by atoms with van der Waals surface area (Å²) in [5.74, 6) is -8.40. The Morgan fingerprint density at radius 3 is 1.22 bits per heavy atom. The minimum Gasteiger partial charge on any atom is -0.542 e. The zero-order valence-electron chi connectivity index (χ0n) is 8.24. The molecule has 0 aliphatic heterocycles. The predicted molar refractivity (Wildman–Crippen MR) is 29.2 cm³/mol. The number of rotatable bonds is 1. The summed E-state index contributed by atoms with van der Waals surface area (Å²) in [4.78, 5) is 8.78. The molecule has 0 aromatic carbocycles. The topological polar surface area (TPSA) is 60.4 Å². The molecule has 13 heteroatoms. The average Bonchev–Trinajstić information content (AvgIpc) is 2.00. The third-order valence-corrected chi connectivity index (χ3v) is 0.918. The molecule has 0 aliphatic carbocycles. The fourth-order valence-corrected chi connectivity index (χ4v) is 0.124. The molecule has 0 saturated carbocycles. The second kappa shape index (κ2) is 7.40. The Labute approximate surface area is 115 Å². The largest absolute Gasteiger partial charge is 1.00 e. The number of hydrogen-bond donors (Lipinski definition) is 1. The van der Waals surface area contributed by atoms with E-state index >= 15 is 0 Å². The van der Waals surface area contributed by atoms with Crippen LogP contribution in [0.15, 0.2) is 0 Å². The molecule has 0 amide bonds. The van der Waals surface area contributed by atoms with E-state index in [-0.39, 0.29) is 29.6 Å². The van der Waals surface area contributed by atoms with Gasteiger partial charge >= 0.3 is 54.2 Å². The maximum Gasteiger partial charge on any atom is 1.00 e. The standard InChI is InChI=1S/C3H2F6O.C2HF3O2.Na/c4-1(5)2(6,10)3(7,8)9;3-2(4,5)1(6)7;/h1,10H;(H,6,7);/q;;+1/p-1. The zero-order valence-corrected chi connectivity index (χ0v) is 10.2. The number of carboxylic acids is 1. The van der Waals surface area contributed by atoms with Crippen LogP contribution in [-0.2, 0) is 4.79 Å². The van der Waals surface area contributed by atoms with Crippen LogP contribution in [0.1, 0.15) is 0 Å². The summed E-state index contributed by atoms with van der Waals surface area (Å²) in [6.07, 6.45) is -15.6. The van der Waals surface area contributed by atoms with E-state index in [4.69, 9.17) is 15.0 Å². The Morgan fingerprint density at radius 1 is 1.00 bits per heavy atom. The number of carboxylic acid groups (broad SMARTS) is 1. The summed E-state index contributed by atoms with van der Waals surface area (Å²) in [6.45, 7) is 0. The molecule has 18 heavy (non-hydrogen) atoms. The van der Waals surface area contributed by atoms with Crippen LogP contribution in [0.4, 0.5) is 39.5 Å². The van der Waals surface area contributed by atoms with Crippen molar-refractivity contribution in [1.82, 2.24) is 0 Å². The Kier molecular flexibility index (Phi) is 9.43. The molecule has 0 aromatic rings. The molecule has 0 fully saturated rings. The summed E-state index contributed by atoms with van der Waals surface area (Å²) >= 11 is 0. The fraction of sp³-hybridized carbons (Fsp3) is 0.800. The first-order chi connectivity index (χ1) is 7.14. The Bertz CT molecular complexity index is 258. The number of hydrogen-bond acceptors (Lipinski definition) is 3. The number of aliphatic carboxylic acids is 1. The van der Waals surface area contributed by atoms with Crippen molar-refractivity contribution < 1.29 is 84.1 Å². The molecule has 0 heterocycles. The molecular formula is C5H2F9NaO3. The van der Waals surface area contributed by atoms with Crippen molar-refractivity contribution in [2.24, 2.45) is 0 Å². The van der Waals surface area contributed by atoms with Gasteiger partial charge in [-0.05, 0) is 0 Å². The van der Waals surface area contributed by atoms with Gasteiger partial charge in [-0.3, -0.25) is 0 Å². The summed E-state index contributed by atoms with van der Waals surface area (Å²) in [5, 5.41) is 16.2. The van der Waals surface area contributed by atoms with Gasteiger partial charge in [-0.15, -0.1) is 0 Å². The first kappa shape index (κ1) is 22.9. The molecular weight excluding hydrogens is 302 g/mol. The molecule has 0 rings (SSSR count). The van der Waals surface area contributed by atoms with Crippen LogP contribution in [0.5, 0.6) is 0 Å². The second-order valence-electron chi connectivity index (χ2n) is 2.26. The van der Waals surface area contributed by atoms with Crippen LogP contribution >= 0.6 is 0 Å². The Balaban J connectivity index is -0.000000251. The summed E-state index contributed by atoms with van der Waals surface area (Å²) < 4.78 is 97.8. The van der Waals surface area contributed by atoms with Gasteiger partial charge in [0.1, 0.15) is 5.97 Å². The summed E-state index contributed by atoms with van der Waals surface area (Å²) in [6, 6.07) is 0. The molecule has 0 bridgehead atoms. The van der Waals surface area contributed by atoms with Crippen molar-refractivity contribution in [1.29, 1.82) is 0 Å². The fourth-order valence-electron chi connectivity index (χ4n) is 0.124. The van der Waals surface area contributed by atoms with Crippen LogP contribution in [0.25, 0.3) is 0 Å². The number of halogens is 9. The van der Waals surface area contributed by atoms with Gasteiger partial charge in [-0.2, -0.15) is 30.7 Å². The maximum absolute atomic E-state index is 11.4. The van der Waals surface area contributed by atoms with Gasteiger partial charge in [-0.25, -0.2) is 8.78 Å². The minimum absolute atomic E-state index is 0. The molecule has 0 radical (unpaired) electrons. The number of aliphatic hydroxyl groups is 1. The molecule has 0 aromatic heterocycles. The van der Waals surface area contributed by atoms with E-state index in [2.05, 4.69) is 0 Å². The van der Waals surface area contributed by atoms with E-state index in [1.54, 1.807) is 0 Å².